The molecular formula is C12H15FO2. The Morgan fingerprint density at radius 1 is 1.40 bits per heavy atom. The third-order valence-electron chi connectivity index (χ3n) is 2.23. The highest BCUT2D eigenvalue weighted by atomic mass is 19.1. The number of benzene rings is 1. The lowest BCUT2D eigenvalue weighted by Gasteiger charge is -2.07. The number of ether oxygens (including phenoxy) is 1. The molecule has 2 nitrogen and oxygen atoms in total. The Balaban J connectivity index is 2.48. The van der Waals surface area contributed by atoms with Crippen LogP contribution in [-0.2, 0) is 16.0 Å². The number of Topliss-reactive ketones (excluding diaryl/α,β-unsaturated/α-hetero) is 1. The second-order valence-electron chi connectivity index (χ2n) is 3.59. The molecule has 0 bridgehead atoms. The first kappa shape index (κ1) is 11.9. The monoisotopic (exact) mass is 210 g/mol. The Kier molecular flexibility index (Phi) is 4.43. The standard InChI is InChI=1S/C12H15FO2/c1-9(15-2)7-12(14)8-10-3-5-11(13)6-4-10/h3-6,9H,7-8H2,1-2H3. The van der Waals surface area contributed by atoms with Gasteiger partial charge in [0, 0.05) is 20.0 Å². The number of methoxy groups -OCH3 is 1. The van der Waals surface area contributed by atoms with Gasteiger partial charge < -0.3 is 4.74 Å². The highest BCUT2D eigenvalue weighted by Gasteiger charge is 2.08. The van der Waals surface area contributed by atoms with Gasteiger partial charge in [-0.3, -0.25) is 4.79 Å². The Bertz CT molecular complexity index is 319. The maximum Gasteiger partial charge on any atom is 0.139 e. The van der Waals surface area contributed by atoms with Crippen molar-refractivity contribution in [3.05, 3.63) is 35.6 Å². The maximum absolute atomic E-state index is 12.6. The number of hydrogen-bond donors (Lipinski definition) is 0. The molecule has 1 aromatic carbocycles. The van der Waals surface area contributed by atoms with Crippen molar-refractivity contribution in [3.8, 4) is 0 Å². The lowest BCUT2D eigenvalue weighted by molar-refractivity contribution is -0.120. The van der Waals surface area contributed by atoms with E-state index in [2.05, 4.69) is 0 Å². The normalized spacial score (nSPS) is 12.5. The van der Waals surface area contributed by atoms with Crippen LogP contribution in [-0.4, -0.2) is 19.0 Å². The molecule has 0 fully saturated rings. The average molecular weight is 210 g/mol. The highest BCUT2D eigenvalue weighted by molar-refractivity contribution is 5.81. The van der Waals surface area contributed by atoms with Crippen molar-refractivity contribution in [2.45, 2.75) is 25.9 Å². The molecule has 1 aromatic rings. The molecule has 0 spiro atoms. The molecule has 0 aliphatic heterocycles. The summed E-state index contributed by atoms with van der Waals surface area (Å²) in [5.74, 6) is -0.174. The van der Waals surface area contributed by atoms with E-state index in [0.717, 1.165) is 5.56 Å². The van der Waals surface area contributed by atoms with Gasteiger partial charge in [0.15, 0.2) is 0 Å². The second-order valence-corrected chi connectivity index (χ2v) is 3.59. The van der Waals surface area contributed by atoms with Crippen LogP contribution in [0.3, 0.4) is 0 Å². The Morgan fingerprint density at radius 3 is 2.53 bits per heavy atom. The molecule has 3 heteroatoms. The number of rotatable bonds is 5. The zero-order valence-corrected chi connectivity index (χ0v) is 9.00. The van der Waals surface area contributed by atoms with Crippen LogP contribution in [0.4, 0.5) is 4.39 Å². The second kappa shape index (κ2) is 5.61. The molecule has 0 radical (unpaired) electrons. The number of carbonyl (C=O) groups is 1. The van der Waals surface area contributed by atoms with Crippen LogP contribution in [0, 0.1) is 5.82 Å². The number of ketones is 1. The Hall–Kier alpha value is -1.22. The summed E-state index contributed by atoms with van der Waals surface area (Å²) in [6.45, 7) is 1.85. The molecule has 0 heterocycles. The van der Waals surface area contributed by atoms with Crippen molar-refractivity contribution in [1.29, 1.82) is 0 Å². The van der Waals surface area contributed by atoms with E-state index in [1.807, 2.05) is 6.92 Å². The first-order valence-corrected chi connectivity index (χ1v) is 4.90. The predicted octanol–water partition coefficient (Wildman–Crippen LogP) is 2.36. The Morgan fingerprint density at radius 2 is 2.00 bits per heavy atom. The van der Waals surface area contributed by atoms with Crippen molar-refractivity contribution in [2.75, 3.05) is 7.11 Å². The van der Waals surface area contributed by atoms with Gasteiger partial charge in [0.1, 0.15) is 11.6 Å². The molecule has 0 amide bonds. The summed E-state index contributed by atoms with van der Waals surface area (Å²) < 4.78 is 17.6. The van der Waals surface area contributed by atoms with Crippen LogP contribution in [0.15, 0.2) is 24.3 Å². The first-order chi connectivity index (χ1) is 7.11. The molecule has 0 saturated heterocycles. The van der Waals surface area contributed by atoms with Crippen LogP contribution >= 0.6 is 0 Å². The summed E-state index contributed by atoms with van der Waals surface area (Å²) >= 11 is 0. The zero-order valence-electron chi connectivity index (χ0n) is 9.00. The average Bonchev–Trinajstić information content (AvgIpc) is 2.21. The zero-order chi connectivity index (χ0) is 11.3. The third-order valence-corrected chi connectivity index (χ3v) is 2.23. The van der Waals surface area contributed by atoms with E-state index in [-0.39, 0.29) is 17.7 Å². The summed E-state index contributed by atoms with van der Waals surface area (Å²) in [5, 5.41) is 0. The minimum absolute atomic E-state index is 0.0575. The molecule has 0 aliphatic carbocycles. The van der Waals surface area contributed by atoms with Crippen LogP contribution in [0.2, 0.25) is 0 Å². The van der Waals surface area contributed by atoms with Gasteiger partial charge in [-0.05, 0) is 24.6 Å². The van der Waals surface area contributed by atoms with E-state index >= 15 is 0 Å². The predicted molar refractivity (Wildman–Crippen MR) is 56.2 cm³/mol. The molecule has 0 N–H and O–H groups in total. The van der Waals surface area contributed by atoms with Gasteiger partial charge >= 0.3 is 0 Å². The first-order valence-electron chi connectivity index (χ1n) is 4.90. The van der Waals surface area contributed by atoms with Crippen molar-refractivity contribution < 1.29 is 13.9 Å². The molecular weight excluding hydrogens is 195 g/mol. The van der Waals surface area contributed by atoms with Crippen LogP contribution in [0.25, 0.3) is 0 Å². The van der Waals surface area contributed by atoms with Crippen LogP contribution in [0.5, 0.6) is 0 Å². The van der Waals surface area contributed by atoms with Crippen molar-refractivity contribution in [2.24, 2.45) is 0 Å². The molecule has 1 atom stereocenters. The molecule has 82 valence electrons. The molecule has 1 unspecified atom stereocenters. The van der Waals surface area contributed by atoms with Gasteiger partial charge in [-0.2, -0.15) is 0 Å². The summed E-state index contributed by atoms with van der Waals surface area (Å²) in [5.41, 5.74) is 0.838. The van der Waals surface area contributed by atoms with Gasteiger partial charge in [-0.15, -0.1) is 0 Å². The number of hydrogen-bond acceptors (Lipinski definition) is 2. The fraction of sp³-hybridized carbons (Fsp3) is 0.417. The summed E-state index contributed by atoms with van der Waals surface area (Å²) in [6.07, 6.45) is 0.680. The van der Waals surface area contributed by atoms with Gasteiger partial charge in [-0.25, -0.2) is 4.39 Å². The lowest BCUT2D eigenvalue weighted by atomic mass is 10.1. The topological polar surface area (TPSA) is 26.3 Å². The molecule has 1 rings (SSSR count). The van der Waals surface area contributed by atoms with E-state index in [9.17, 15) is 9.18 Å². The Labute approximate surface area is 89.1 Å². The molecule has 0 saturated carbocycles. The highest BCUT2D eigenvalue weighted by Crippen LogP contribution is 2.06. The third kappa shape index (κ3) is 4.21. The van der Waals surface area contributed by atoms with E-state index in [0.29, 0.717) is 12.8 Å². The summed E-state index contributed by atoms with van der Waals surface area (Å²) in [4.78, 5) is 11.5. The fourth-order valence-corrected chi connectivity index (χ4v) is 1.31. The van der Waals surface area contributed by atoms with Crippen molar-refractivity contribution in [1.82, 2.24) is 0 Å². The van der Waals surface area contributed by atoms with Gasteiger partial charge in [0.05, 0.1) is 6.10 Å². The number of carbonyl (C=O) groups excluding carboxylic acids is 1. The SMILES string of the molecule is COC(C)CC(=O)Cc1ccc(F)cc1. The van der Waals surface area contributed by atoms with E-state index < -0.39 is 0 Å². The minimum Gasteiger partial charge on any atom is -0.381 e. The molecule has 0 aromatic heterocycles. The quantitative estimate of drug-likeness (QED) is 0.745. The van der Waals surface area contributed by atoms with Crippen LogP contribution in [0.1, 0.15) is 18.9 Å². The van der Waals surface area contributed by atoms with Crippen molar-refractivity contribution in [3.63, 3.8) is 0 Å². The fourth-order valence-electron chi connectivity index (χ4n) is 1.31. The van der Waals surface area contributed by atoms with E-state index in [4.69, 9.17) is 4.74 Å². The van der Waals surface area contributed by atoms with Crippen LogP contribution < -0.4 is 0 Å². The largest absolute Gasteiger partial charge is 0.381 e. The van der Waals surface area contributed by atoms with Gasteiger partial charge in [0.25, 0.3) is 0 Å². The summed E-state index contributed by atoms with van der Waals surface area (Å²) in [7, 11) is 1.58. The van der Waals surface area contributed by atoms with Crippen molar-refractivity contribution >= 4 is 5.78 Å². The maximum atomic E-state index is 12.6. The minimum atomic E-state index is -0.281. The van der Waals surface area contributed by atoms with Gasteiger partial charge in [0.2, 0.25) is 0 Å². The number of halogens is 1. The smallest absolute Gasteiger partial charge is 0.139 e. The summed E-state index contributed by atoms with van der Waals surface area (Å²) in [6, 6.07) is 5.99. The van der Waals surface area contributed by atoms with E-state index in [1.165, 1.54) is 12.1 Å². The van der Waals surface area contributed by atoms with Gasteiger partial charge in [-0.1, -0.05) is 12.1 Å². The van der Waals surface area contributed by atoms with E-state index in [1.54, 1.807) is 19.2 Å². The molecule has 0 aliphatic rings. The lowest BCUT2D eigenvalue weighted by Crippen LogP contribution is -2.13. The molecule has 15 heavy (non-hydrogen) atoms.